The van der Waals surface area contributed by atoms with E-state index in [4.69, 9.17) is 14.2 Å². The Bertz CT molecular complexity index is 194. The minimum atomic E-state index is -0.970. The Kier molecular flexibility index (Phi) is 4.12. The van der Waals surface area contributed by atoms with Gasteiger partial charge < -0.3 is 14.2 Å². The van der Waals surface area contributed by atoms with Crippen LogP contribution in [0.1, 0.15) is 34.6 Å². The molecule has 4 heteroatoms. The van der Waals surface area contributed by atoms with Gasteiger partial charge in [0.05, 0.1) is 19.8 Å². The molecule has 0 unspecified atom stereocenters. The molecule has 90 valence electrons. The Hall–Kier alpha value is -0.160. The van der Waals surface area contributed by atoms with E-state index in [0.717, 1.165) is 6.54 Å². The fraction of sp³-hybridized carbons (Fsp3) is 1.00. The second-order valence-electron chi connectivity index (χ2n) is 4.56. The van der Waals surface area contributed by atoms with E-state index in [2.05, 4.69) is 25.7 Å². The van der Waals surface area contributed by atoms with Gasteiger partial charge in [-0.25, -0.2) is 4.90 Å². The maximum atomic E-state index is 5.65. The van der Waals surface area contributed by atoms with Crippen LogP contribution in [0.5, 0.6) is 0 Å². The van der Waals surface area contributed by atoms with Crippen molar-refractivity contribution < 1.29 is 14.2 Å². The van der Waals surface area contributed by atoms with Crippen molar-refractivity contribution in [1.82, 2.24) is 4.90 Å². The van der Waals surface area contributed by atoms with Crippen molar-refractivity contribution in [3.05, 3.63) is 0 Å². The summed E-state index contributed by atoms with van der Waals surface area (Å²) in [6.07, 6.45) is -0.970. The van der Waals surface area contributed by atoms with Gasteiger partial charge in [-0.15, -0.1) is 0 Å². The molecule has 0 aromatic rings. The van der Waals surface area contributed by atoms with E-state index in [1.54, 1.807) is 0 Å². The Morgan fingerprint density at radius 1 is 1.20 bits per heavy atom. The lowest BCUT2D eigenvalue weighted by molar-refractivity contribution is -0.424. The van der Waals surface area contributed by atoms with E-state index in [9.17, 15) is 0 Å². The average molecular weight is 217 g/mol. The van der Waals surface area contributed by atoms with Gasteiger partial charge in [0.2, 0.25) is 0 Å². The molecule has 0 bridgehead atoms. The fourth-order valence-electron chi connectivity index (χ4n) is 1.87. The Labute approximate surface area is 92.5 Å². The van der Waals surface area contributed by atoms with E-state index in [0.29, 0.717) is 19.8 Å². The summed E-state index contributed by atoms with van der Waals surface area (Å²) in [6, 6.07) is 0. The topological polar surface area (TPSA) is 30.9 Å². The van der Waals surface area contributed by atoms with Crippen LogP contribution in [0.4, 0.5) is 0 Å². The monoisotopic (exact) mass is 217 g/mol. The molecule has 1 rings (SSSR count). The molecule has 15 heavy (non-hydrogen) atoms. The Balaban J connectivity index is 2.84. The molecule has 0 amide bonds. The maximum absolute atomic E-state index is 5.65. The Morgan fingerprint density at radius 2 is 1.73 bits per heavy atom. The molecule has 1 aliphatic rings. The maximum Gasteiger partial charge on any atom is 0.354 e. The second kappa shape index (κ2) is 4.78. The molecule has 0 aromatic carbocycles. The standard InChI is InChI=1S/C11H23NO3/c1-6-13-11(14-7-2)12(8-9-15-11)10(3,4)5/h6-9H2,1-5H3. The average Bonchev–Trinajstić information content (AvgIpc) is 2.49. The van der Waals surface area contributed by atoms with Crippen molar-refractivity contribution >= 4 is 0 Å². The van der Waals surface area contributed by atoms with Crippen LogP contribution >= 0.6 is 0 Å². The van der Waals surface area contributed by atoms with Crippen LogP contribution in [0.3, 0.4) is 0 Å². The summed E-state index contributed by atoms with van der Waals surface area (Å²) in [7, 11) is 0. The highest BCUT2D eigenvalue weighted by atomic mass is 16.9. The summed E-state index contributed by atoms with van der Waals surface area (Å²) in [5, 5.41) is 0. The molecule has 0 aliphatic carbocycles. The van der Waals surface area contributed by atoms with Crippen LogP contribution in [0.25, 0.3) is 0 Å². The highest BCUT2D eigenvalue weighted by Crippen LogP contribution is 2.33. The zero-order valence-electron chi connectivity index (χ0n) is 10.5. The predicted molar refractivity (Wildman–Crippen MR) is 58.4 cm³/mol. The van der Waals surface area contributed by atoms with E-state index in [1.807, 2.05) is 13.8 Å². The number of nitrogens with zero attached hydrogens (tertiary/aromatic N) is 1. The fourth-order valence-corrected chi connectivity index (χ4v) is 1.87. The first-order valence-electron chi connectivity index (χ1n) is 5.66. The summed E-state index contributed by atoms with van der Waals surface area (Å²) in [4.78, 5) is 2.12. The highest BCUT2D eigenvalue weighted by molar-refractivity contribution is 4.83. The first kappa shape index (κ1) is 12.9. The second-order valence-corrected chi connectivity index (χ2v) is 4.56. The van der Waals surface area contributed by atoms with E-state index >= 15 is 0 Å². The van der Waals surface area contributed by atoms with E-state index in [1.165, 1.54) is 0 Å². The molecule has 0 atom stereocenters. The molecule has 0 radical (unpaired) electrons. The molecule has 1 aliphatic heterocycles. The smallest absolute Gasteiger partial charge is 0.314 e. The predicted octanol–water partition coefficient (Wildman–Crippen LogP) is 1.80. The largest absolute Gasteiger partial charge is 0.354 e. The van der Waals surface area contributed by atoms with Gasteiger partial charge in [0.15, 0.2) is 0 Å². The first-order chi connectivity index (χ1) is 6.96. The normalized spacial score (nSPS) is 22.2. The van der Waals surface area contributed by atoms with Crippen LogP contribution in [0, 0.1) is 0 Å². The van der Waals surface area contributed by atoms with Gasteiger partial charge in [0, 0.05) is 12.1 Å². The number of hydrogen-bond donors (Lipinski definition) is 0. The van der Waals surface area contributed by atoms with Gasteiger partial charge in [0.1, 0.15) is 0 Å². The zero-order chi connectivity index (χ0) is 11.5. The van der Waals surface area contributed by atoms with Crippen LogP contribution < -0.4 is 0 Å². The number of rotatable bonds is 4. The molecule has 0 spiro atoms. The van der Waals surface area contributed by atoms with Crippen LogP contribution in [-0.4, -0.2) is 42.9 Å². The lowest BCUT2D eigenvalue weighted by Gasteiger charge is -2.42. The summed E-state index contributed by atoms with van der Waals surface area (Å²) in [5.74, 6) is 0. The van der Waals surface area contributed by atoms with Crippen LogP contribution in [0.2, 0.25) is 0 Å². The van der Waals surface area contributed by atoms with Crippen molar-refractivity contribution in [3.8, 4) is 0 Å². The third kappa shape index (κ3) is 2.69. The molecule has 0 N–H and O–H groups in total. The van der Waals surface area contributed by atoms with Crippen molar-refractivity contribution in [3.63, 3.8) is 0 Å². The third-order valence-electron chi connectivity index (χ3n) is 2.39. The van der Waals surface area contributed by atoms with E-state index in [-0.39, 0.29) is 5.54 Å². The highest BCUT2D eigenvalue weighted by Gasteiger charge is 2.49. The van der Waals surface area contributed by atoms with Crippen molar-refractivity contribution in [1.29, 1.82) is 0 Å². The van der Waals surface area contributed by atoms with Crippen molar-refractivity contribution in [2.75, 3.05) is 26.4 Å². The summed E-state index contributed by atoms with van der Waals surface area (Å²) in [5.41, 5.74) is -0.0269. The van der Waals surface area contributed by atoms with Crippen LogP contribution in [0.15, 0.2) is 0 Å². The number of ether oxygens (including phenoxy) is 3. The first-order valence-corrected chi connectivity index (χ1v) is 5.66. The SMILES string of the molecule is CCOC1(OCC)OCCN1C(C)(C)C. The molecular formula is C11H23NO3. The van der Waals surface area contributed by atoms with Crippen LogP contribution in [-0.2, 0) is 14.2 Å². The third-order valence-corrected chi connectivity index (χ3v) is 2.39. The summed E-state index contributed by atoms with van der Waals surface area (Å²) in [6.45, 7) is 12.9. The van der Waals surface area contributed by atoms with Crippen molar-refractivity contribution in [2.45, 2.75) is 46.3 Å². The van der Waals surface area contributed by atoms with Gasteiger partial charge in [-0.05, 0) is 34.6 Å². The molecular weight excluding hydrogens is 194 g/mol. The minimum Gasteiger partial charge on any atom is -0.314 e. The quantitative estimate of drug-likeness (QED) is 0.672. The van der Waals surface area contributed by atoms with Gasteiger partial charge in [0.25, 0.3) is 0 Å². The van der Waals surface area contributed by atoms with Gasteiger partial charge in [-0.2, -0.15) is 0 Å². The van der Waals surface area contributed by atoms with Gasteiger partial charge >= 0.3 is 6.10 Å². The summed E-state index contributed by atoms with van der Waals surface area (Å²) < 4.78 is 16.9. The number of hydrogen-bond acceptors (Lipinski definition) is 4. The molecule has 0 saturated carbocycles. The zero-order valence-corrected chi connectivity index (χ0v) is 10.5. The lowest BCUT2D eigenvalue weighted by atomic mass is 10.1. The van der Waals surface area contributed by atoms with Gasteiger partial charge in [-0.3, -0.25) is 0 Å². The molecule has 4 nitrogen and oxygen atoms in total. The lowest BCUT2D eigenvalue weighted by Crippen LogP contribution is -2.57. The molecule has 0 aromatic heterocycles. The molecule has 1 heterocycles. The summed E-state index contributed by atoms with van der Waals surface area (Å²) >= 11 is 0. The molecule has 1 fully saturated rings. The molecule has 1 saturated heterocycles. The minimum absolute atomic E-state index is 0.0269. The van der Waals surface area contributed by atoms with Gasteiger partial charge in [-0.1, -0.05) is 0 Å². The van der Waals surface area contributed by atoms with E-state index < -0.39 is 6.10 Å². The Morgan fingerprint density at radius 3 is 2.13 bits per heavy atom. The van der Waals surface area contributed by atoms with Crippen molar-refractivity contribution in [2.24, 2.45) is 0 Å².